The minimum atomic E-state index is -0.342. The van der Waals surface area contributed by atoms with Crippen LogP contribution in [0.1, 0.15) is 52.3 Å². The van der Waals surface area contributed by atoms with E-state index in [4.69, 9.17) is 19.9 Å². The number of nitrogens with two attached hydrogens (primary N) is 1. The molecule has 0 aliphatic carbocycles. The minimum absolute atomic E-state index is 0.137. The summed E-state index contributed by atoms with van der Waals surface area (Å²) in [5, 5.41) is 0.730. The fourth-order valence-electron chi connectivity index (χ4n) is 4.26. The highest BCUT2D eigenvalue weighted by molar-refractivity contribution is 9.10. The van der Waals surface area contributed by atoms with Crippen molar-refractivity contribution in [3.63, 3.8) is 0 Å². The van der Waals surface area contributed by atoms with Gasteiger partial charge in [-0.15, -0.1) is 0 Å². The number of nitrogen functional groups attached to an aromatic ring is 1. The predicted octanol–water partition coefficient (Wildman–Crippen LogP) is 5.85. The molecule has 0 saturated heterocycles. The molecule has 2 N–H and O–H groups in total. The summed E-state index contributed by atoms with van der Waals surface area (Å²) in [5.41, 5.74) is 11.6. The van der Waals surface area contributed by atoms with Crippen molar-refractivity contribution in [3.8, 4) is 0 Å². The van der Waals surface area contributed by atoms with Crippen LogP contribution in [0.5, 0.6) is 0 Å². The van der Waals surface area contributed by atoms with Gasteiger partial charge in [0.1, 0.15) is 0 Å². The first-order valence-corrected chi connectivity index (χ1v) is 11.3. The zero-order valence-electron chi connectivity index (χ0n) is 17.9. The van der Waals surface area contributed by atoms with E-state index in [-0.39, 0.29) is 17.1 Å². The summed E-state index contributed by atoms with van der Waals surface area (Å²) >= 11 is 3.40. The number of nitrogens with zero attached hydrogens (tertiary/aromatic N) is 1. The average molecular weight is 491 g/mol. The van der Waals surface area contributed by atoms with Crippen LogP contribution in [-0.2, 0) is 24.2 Å². The normalized spacial score (nSPS) is 15.0. The smallest absolute Gasteiger partial charge is 0.230 e. The van der Waals surface area contributed by atoms with Gasteiger partial charge < -0.3 is 14.9 Å². The summed E-state index contributed by atoms with van der Waals surface area (Å²) in [7, 11) is 0. The number of ether oxygens (including phenoxy) is 1. The van der Waals surface area contributed by atoms with Crippen LogP contribution in [-0.4, -0.2) is 16.4 Å². The largest absolute Gasteiger partial charge is 0.432 e. The Morgan fingerprint density at radius 1 is 1.09 bits per heavy atom. The first kappa shape index (κ1) is 20.9. The lowest BCUT2D eigenvalue weighted by Crippen LogP contribution is -2.32. The lowest BCUT2D eigenvalue weighted by molar-refractivity contribution is -0.0401. The molecule has 0 saturated carbocycles. The quantitative estimate of drug-likeness (QED) is 0.363. The van der Waals surface area contributed by atoms with Crippen LogP contribution >= 0.6 is 15.9 Å². The Labute approximate surface area is 194 Å². The molecular weight excluding hydrogens is 468 g/mol. The fourth-order valence-corrected chi connectivity index (χ4v) is 4.53. The standard InChI is InChI=1S/C26H23BrN2O3/c1-26(2)13-18-19(14-31-26)20(12-15-6-4-3-5-7-15)29-25-21(18)22(28)24(32-25)23(30)16-8-10-17(27)11-9-16/h3-11H,12-14,28H2,1-2H3. The summed E-state index contributed by atoms with van der Waals surface area (Å²) in [6.07, 6.45) is 1.32. The molecule has 6 heteroatoms. The van der Waals surface area contributed by atoms with E-state index in [0.717, 1.165) is 32.2 Å². The summed E-state index contributed by atoms with van der Waals surface area (Å²) in [4.78, 5) is 18.0. The van der Waals surface area contributed by atoms with Gasteiger partial charge in [0, 0.05) is 28.4 Å². The lowest BCUT2D eigenvalue weighted by Gasteiger charge is -2.33. The Kier molecular flexibility index (Phi) is 5.14. The maximum absolute atomic E-state index is 13.2. The Morgan fingerprint density at radius 3 is 2.53 bits per heavy atom. The number of fused-ring (bicyclic) bond motifs is 3. The molecule has 5 nitrogen and oxygen atoms in total. The zero-order valence-corrected chi connectivity index (χ0v) is 19.5. The number of benzene rings is 2. The topological polar surface area (TPSA) is 78.4 Å². The summed E-state index contributed by atoms with van der Waals surface area (Å²) < 4.78 is 13.0. The molecule has 0 spiro atoms. The third-order valence-electron chi connectivity index (χ3n) is 5.91. The summed E-state index contributed by atoms with van der Waals surface area (Å²) in [6, 6.07) is 17.3. The second-order valence-corrected chi connectivity index (χ2v) is 9.68. The molecule has 32 heavy (non-hydrogen) atoms. The van der Waals surface area contributed by atoms with Crippen LogP contribution in [0.3, 0.4) is 0 Å². The second-order valence-electron chi connectivity index (χ2n) is 8.76. The molecule has 0 atom stereocenters. The zero-order chi connectivity index (χ0) is 22.5. The number of hydrogen-bond acceptors (Lipinski definition) is 5. The summed E-state index contributed by atoms with van der Waals surface area (Å²) in [5.74, 6) is -0.115. The second kappa shape index (κ2) is 7.87. The lowest BCUT2D eigenvalue weighted by atomic mass is 9.88. The van der Waals surface area contributed by atoms with Crippen molar-refractivity contribution in [2.75, 3.05) is 5.73 Å². The average Bonchev–Trinajstić information content (AvgIpc) is 3.10. The Bertz CT molecular complexity index is 1330. The van der Waals surface area contributed by atoms with Crippen molar-refractivity contribution < 1.29 is 13.9 Å². The van der Waals surface area contributed by atoms with Crippen molar-refractivity contribution in [2.24, 2.45) is 0 Å². The highest BCUT2D eigenvalue weighted by atomic mass is 79.9. The Hall–Kier alpha value is -2.96. The number of furan rings is 1. The Balaban J connectivity index is 1.68. The Morgan fingerprint density at radius 2 is 1.81 bits per heavy atom. The molecule has 5 rings (SSSR count). The fraction of sp³-hybridized carbons (Fsp3) is 0.231. The van der Waals surface area contributed by atoms with Gasteiger partial charge in [0.05, 0.1) is 29.0 Å². The van der Waals surface area contributed by atoms with Crippen LogP contribution in [0.2, 0.25) is 0 Å². The van der Waals surface area contributed by atoms with Crippen LogP contribution in [0.4, 0.5) is 5.69 Å². The van der Waals surface area contributed by atoms with E-state index in [1.165, 1.54) is 0 Å². The van der Waals surface area contributed by atoms with Gasteiger partial charge in [-0.3, -0.25) is 4.79 Å². The van der Waals surface area contributed by atoms with Gasteiger partial charge in [-0.2, -0.15) is 0 Å². The molecule has 1 aliphatic heterocycles. The number of rotatable bonds is 4. The van der Waals surface area contributed by atoms with Crippen LogP contribution in [0, 0.1) is 0 Å². The van der Waals surface area contributed by atoms with Gasteiger partial charge in [0.15, 0.2) is 0 Å². The van der Waals surface area contributed by atoms with Crippen molar-refractivity contribution in [1.82, 2.24) is 4.98 Å². The molecule has 2 aromatic heterocycles. The maximum atomic E-state index is 13.2. The summed E-state index contributed by atoms with van der Waals surface area (Å²) in [6.45, 7) is 4.57. The number of carbonyl (C=O) groups is 1. The maximum Gasteiger partial charge on any atom is 0.230 e. The van der Waals surface area contributed by atoms with Crippen LogP contribution in [0.15, 0.2) is 63.5 Å². The van der Waals surface area contributed by atoms with E-state index in [9.17, 15) is 4.79 Å². The van der Waals surface area contributed by atoms with Gasteiger partial charge in [-0.1, -0.05) is 46.3 Å². The molecule has 0 bridgehead atoms. The SMILES string of the molecule is CC1(C)Cc2c(c(Cc3ccccc3)nc3oc(C(=O)c4ccc(Br)cc4)c(N)c23)CO1. The molecule has 4 aromatic rings. The van der Waals surface area contributed by atoms with E-state index < -0.39 is 0 Å². The third-order valence-corrected chi connectivity index (χ3v) is 6.44. The third kappa shape index (κ3) is 3.74. The van der Waals surface area contributed by atoms with Crippen LogP contribution < -0.4 is 5.73 Å². The van der Waals surface area contributed by atoms with E-state index in [1.54, 1.807) is 12.1 Å². The van der Waals surface area contributed by atoms with E-state index in [0.29, 0.717) is 36.4 Å². The molecule has 0 fully saturated rings. The molecule has 2 aromatic carbocycles. The highest BCUT2D eigenvalue weighted by Crippen LogP contribution is 2.40. The first-order chi connectivity index (χ1) is 15.3. The van der Waals surface area contributed by atoms with E-state index >= 15 is 0 Å². The van der Waals surface area contributed by atoms with Gasteiger partial charge in [-0.25, -0.2) is 4.98 Å². The molecular formula is C26H23BrN2O3. The van der Waals surface area contributed by atoms with Gasteiger partial charge in [0.2, 0.25) is 17.3 Å². The van der Waals surface area contributed by atoms with Gasteiger partial charge >= 0.3 is 0 Å². The number of anilines is 1. The van der Waals surface area contributed by atoms with Crippen molar-refractivity contribution in [3.05, 3.63) is 92.8 Å². The monoisotopic (exact) mass is 490 g/mol. The number of pyridine rings is 1. The van der Waals surface area contributed by atoms with E-state index in [2.05, 4.69) is 41.9 Å². The molecule has 3 heterocycles. The highest BCUT2D eigenvalue weighted by Gasteiger charge is 2.33. The molecule has 0 radical (unpaired) electrons. The number of aromatic nitrogens is 1. The van der Waals surface area contributed by atoms with E-state index in [1.807, 2.05) is 30.3 Å². The number of hydrogen-bond donors (Lipinski definition) is 1. The molecule has 162 valence electrons. The minimum Gasteiger partial charge on any atom is -0.432 e. The number of halogens is 1. The molecule has 0 unspecified atom stereocenters. The van der Waals surface area contributed by atoms with Crippen molar-refractivity contribution >= 4 is 38.5 Å². The molecule has 1 aliphatic rings. The van der Waals surface area contributed by atoms with Gasteiger partial charge in [-0.05, 0) is 49.2 Å². The number of carbonyl (C=O) groups excluding carboxylic acids is 1. The number of ketones is 1. The van der Waals surface area contributed by atoms with Crippen molar-refractivity contribution in [1.29, 1.82) is 0 Å². The van der Waals surface area contributed by atoms with Crippen molar-refractivity contribution in [2.45, 2.75) is 38.9 Å². The first-order valence-electron chi connectivity index (χ1n) is 10.5. The predicted molar refractivity (Wildman–Crippen MR) is 128 cm³/mol. The van der Waals surface area contributed by atoms with Crippen LogP contribution in [0.25, 0.3) is 11.1 Å². The molecule has 0 amide bonds. The van der Waals surface area contributed by atoms with Gasteiger partial charge in [0.25, 0.3) is 0 Å².